The van der Waals surface area contributed by atoms with Crippen LogP contribution in [0.25, 0.3) is 0 Å². The van der Waals surface area contributed by atoms with Gasteiger partial charge in [0.1, 0.15) is 11.5 Å². The van der Waals surface area contributed by atoms with Crippen LogP contribution in [0.3, 0.4) is 0 Å². The summed E-state index contributed by atoms with van der Waals surface area (Å²) in [6, 6.07) is 8.98. The van der Waals surface area contributed by atoms with Crippen LogP contribution in [0.1, 0.15) is 130 Å². The van der Waals surface area contributed by atoms with Crippen LogP contribution in [0.2, 0.25) is 0 Å². The number of aliphatic hydroxyl groups is 1. The summed E-state index contributed by atoms with van der Waals surface area (Å²) in [4.78, 5) is 24.6. The molecule has 0 aromatic heterocycles. The predicted octanol–water partition coefficient (Wildman–Crippen LogP) is 6.63. The second-order valence-corrected chi connectivity index (χ2v) is 12.2. The zero-order chi connectivity index (χ0) is 33.9. The van der Waals surface area contributed by atoms with Crippen molar-refractivity contribution in [1.82, 2.24) is 0 Å². The van der Waals surface area contributed by atoms with Crippen molar-refractivity contribution in [3.05, 3.63) is 58.7 Å². The molecule has 0 aliphatic carbocycles. The second-order valence-electron chi connectivity index (χ2n) is 12.2. The predicted molar refractivity (Wildman–Crippen MR) is 172 cm³/mol. The van der Waals surface area contributed by atoms with Gasteiger partial charge >= 0.3 is 11.9 Å². The van der Waals surface area contributed by atoms with Gasteiger partial charge in [0.25, 0.3) is 0 Å². The second kappa shape index (κ2) is 17.8. The highest BCUT2D eigenvalue weighted by atomic mass is 16.7. The Balaban J connectivity index is 1.35. The average Bonchev–Trinajstić information content (AvgIpc) is 3.05. The number of rotatable bonds is 15. The SMILES string of the molecule is CCCC1CC(CC(O)CCCC2CC(CC)OC(c3cc(C(=O)OCC)ccc3O)O2)OC(c2cc(C(=O)OCC)ccc2O)O1. The number of hydrogen-bond acceptors (Lipinski definition) is 11. The maximum absolute atomic E-state index is 12.3. The van der Waals surface area contributed by atoms with Gasteiger partial charge in [0.2, 0.25) is 0 Å². The van der Waals surface area contributed by atoms with Gasteiger partial charge in [-0.25, -0.2) is 9.59 Å². The maximum atomic E-state index is 12.3. The van der Waals surface area contributed by atoms with Crippen molar-refractivity contribution in [2.45, 2.75) is 129 Å². The van der Waals surface area contributed by atoms with Gasteiger partial charge in [-0.1, -0.05) is 20.3 Å². The number of benzene rings is 2. The summed E-state index contributed by atoms with van der Waals surface area (Å²) in [5.74, 6) is -1.04. The lowest BCUT2D eigenvalue weighted by Crippen LogP contribution is -2.36. The van der Waals surface area contributed by atoms with E-state index in [-0.39, 0.29) is 49.1 Å². The van der Waals surface area contributed by atoms with E-state index >= 15 is 0 Å². The van der Waals surface area contributed by atoms with Crippen molar-refractivity contribution in [3.8, 4) is 11.5 Å². The Morgan fingerprint density at radius 2 is 1.23 bits per heavy atom. The monoisotopic (exact) mass is 658 g/mol. The lowest BCUT2D eigenvalue weighted by atomic mass is 9.96. The quantitative estimate of drug-likeness (QED) is 0.177. The third-order valence-corrected chi connectivity index (χ3v) is 8.57. The topological polar surface area (TPSA) is 150 Å². The number of aliphatic hydroxyl groups excluding tert-OH is 1. The molecule has 2 aliphatic rings. The van der Waals surface area contributed by atoms with Crippen LogP contribution in [0.15, 0.2) is 36.4 Å². The molecule has 260 valence electrons. The summed E-state index contributed by atoms with van der Waals surface area (Å²) >= 11 is 0. The smallest absolute Gasteiger partial charge is 0.338 e. The molecule has 2 aromatic carbocycles. The van der Waals surface area contributed by atoms with Crippen molar-refractivity contribution in [2.75, 3.05) is 13.2 Å². The maximum Gasteiger partial charge on any atom is 0.338 e. The number of phenols is 2. The average molecular weight is 659 g/mol. The van der Waals surface area contributed by atoms with Crippen LogP contribution >= 0.6 is 0 Å². The summed E-state index contributed by atoms with van der Waals surface area (Å²) in [5, 5.41) is 32.2. The normalized spacial score (nSPS) is 25.2. The Labute approximate surface area is 277 Å². The zero-order valence-corrected chi connectivity index (χ0v) is 27.9. The molecule has 2 fully saturated rings. The summed E-state index contributed by atoms with van der Waals surface area (Å²) in [6.07, 6.45) is 2.99. The first kappa shape index (κ1) is 36.6. The van der Waals surface area contributed by atoms with Gasteiger partial charge in [0.05, 0.1) is 66.0 Å². The van der Waals surface area contributed by atoms with E-state index in [1.54, 1.807) is 19.9 Å². The van der Waals surface area contributed by atoms with Crippen LogP contribution in [0.5, 0.6) is 11.5 Å². The number of carbonyl (C=O) groups excluding carboxylic acids is 2. The van der Waals surface area contributed by atoms with Crippen LogP contribution in [0.4, 0.5) is 0 Å². The minimum Gasteiger partial charge on any atom is -0.507 e. The fraction of sp³-hybridized carbons (Fsp3) is 0.611. The Kier molecular flexibility index (Phi) is 13.9. The molecule has 11 heteroatoms. The van der Waals surface area contributed by atoms with E-state index in [1.165, 1.54) is 30.3 Å². The molecule has 0 saturated carbocycles. The van der Waals surface area contributed by atoms with Crippen LogP contribution in [-0.2, 0) is 28.4 Å². The molecule has 47 heavy (non-hydrogen) atoms. The minimum atomic E-state index is -0.885. The van der Waals surface area contributed by atoms with E-state index in [4.69, 9.17) is 28.4 Å². The molecule has 0 spiro atoms. The molecule has 11 nitrogen and oxygen atoms in total. The van der Waals surface area contributed by atoms with Gasteiger partial charge in [-0.15, -0.1) is 0 Å². The number of esters is 2. The molecule has 4 rings (SSSR count). The summed E-state index contributed by atoms with van der Waals surface area (Å²) in [6.45, 7) is 8.04. The molecule has 0 amide bonds. The van der Waals surface area contributed by atoms with Gasteiger partial charge in [0, 0.05) is 12.8 Å². The fourth-order valence-corrected chi connectivity index (χ4v) is 6.15. The van der Waals surface area contributed by atoms with Gasteiger partial charge < -0.3 is 43.7 Å². The molecule has 3 N–H and O–H groups in total. The van der Waals surface area contributed by atoms with Crippen LogP contribution in [-0.4, -0.2) is 71.0 Å². The van der Waals surface area contributed by atoms with Gasteiger partial charge in [-0.2, -0.15) is 0 Å². The molecule has 2 aliphatic heterocycles. The largest absolute Gasteiger partial charge is 0.507 e. The number of ether oxygens (including phenoxy) is 6. The van der Waals surface area contributed by atoms with E-state index in [9.17, 15) is 24.9 Å². The molecule has 7 atom stereocenters. The number of hydrogen-bond donors (Lipinski definition) is 3. The highest BCUT2D eigenvalue weighted by Gasteiger charge is 2.35. The lowest BCUT2D eigenvalue weighted by Gasteiger charge is -2.37. The van der Waals surface area contributed by atoms with E-state index in [0.717, 1.165) is 19.3 Å². The number of carbonyl (C=O) groups is 2. The summed E-state index contributed by atoms with van der Waals surface area (Å²) in [7, 11) is 0. The van der Waals surface area contributed by atoms with Crippen molar-refractivity contribution in [3.63, 3.8) is 0 Å². The Morgan fingerprint density at radius 3 is 1.74 bits per heavy atom. The first-order chi connectivity index (χ1) is 22.6. The Bertz CT molecular complexity index is 1310. The van der Waals surface area contributed by atoms with E-state index in [2.05, 4.69) is 6.92 Å². The Hall–Kier alpha value is -3.22. The molecule has 2 heterocycles. The molecule has 2 aromatic rings. The lowest BCUT2D eigenvalue weighted by molar-refractivity contribution is -0.254. The highest BCUT2D eigenvalue weighted by Crippen LogP contribution is 2.39. The number of aromatic hydroxyl groups is 2. The van der Waals surface area contributed by atoms with Crippen molar-refractivity contribution in [2.24, 2.45) is 0 Å². The minimum absolute atomic E-state index is 0.0222. The molecule has 2 saturated heterocycles. The number of phenolic OH excluding ortho intramolecular Hbond substituents is 2. The zero-order valence-electron chi connectivity index (χ0n) is 27.9. The third-order valence-electron chi connectivity index (χ3n) is 8.57. The first-order valence-corrected chi connectivity index (χ1v) is 16.9. The van der Waals surface area contributed by atoms with Crippen molar-refractivity contribution >= 4 is 11.9 Å². The molecule has 0 bridgehead atoms. The summed E-state index contributed by atoms with van der Waals surface area (Å²) < 4.78 is 35.0. The Morgan fingerprint density at radius 1 is 0.745 bits per heavy atom. The van der Waals surface area contributed by atoms with E-state index < -0.39 is 30.6 Å². The van der Waals surface area contributed by atoms with Gasteiger partial charge in [-0.3, -0.25) is 0 Å². The van der Waals surface area contributed by atoms with Crippen molar-refractivity contribution < 1.29 is 53.3 Å². The standard InChI is InChI=1S/C36H50O11/c1-5-10-26-21-28(47-36(45-26)30-18-23(14-16-32(30)39)34(41)43-8-4)19-24(37)11-9-12-27-20-25(6-2)44-35(46-27)29-17-22(13-15-31(29)38)33(40)42-7-3/h13-18,24-28,35-39H,5-12,19-21H2,1-4H3. The first-order valence-electron chi connectivity index (χ1n) is 16.9. The molecule has 7 unspecified atom stereocenters. The third kappa shape index (κ3) is 10.1. The van der Waals surface area contributed by atoms with Gasteiger partial charge in [0.15, 0.2) is 12.6 Å². The fourth-order valence-electron chi connectivity index (χ4n) is 6.15. The van der Waals surface area contributed by atoms with E-state index in [1.807, 2.05) is 6.92 Å². The molecule has 0 radical (unpaired) electrons. The van der Waals surface area contributed by atoms with Crippen molar-refractivity contribution in [1.29, 1.82) is 0 Å². The van der Waals surface area contributed by atoms with Crippen LogP contribution < -0.4 is 0 Å². The molecular formula is C36H50O11. The van der Waals surface area contributed by atoms with Crippen LogP contribution in [0, 0.1) is 0 Å². The molecular weight excluding hydrogens is 608 g/mol. The van der Waals surface area contributed by atoms with E-state index in [0.29, 0.717) is 60.8 Å². The highest BCUT2D eigenvalue weighted by molar-refractivity contribution is 5.90. The van der Waals surface area contributed by atoms with Gasteiger partial charge in [-0.05, 0) is 88.8 Å². The summed E-state index contributed by atoms with van der Waals surface area (Å²) in [5.41, 5.74) is 1.34.